The molecule has 0 spiro atoms. The van der Waals surface area contributed by atoms with E-state index in [-0.39, 0.29) is 11.4 Å². The number of halogens is 1. The van der Waals surface area contributed by atoms with Gasteiger partial charge in [-0.25, -0.2) is 0 Å². The molecule has 0 aliphatic rings. The van der Waals surface area contributed by atoms with Crippen molar-refractivity contribution in [2.24, 2.45) is 0 Å². The van der Waals surface area contributed by atoms with Crippen LogP contribution in [0.15, 0.2) is 51.7 Å². The van der Waals surface area contributed by atoms with Crippen LogP contribution in [-0.2, 0) is 0 Å². The second-order valence-electron chi connectivity index (χ2n) is 4.19. The highest BCUT2D eigenvalue weighted by Crippen LogP contribution is 2.24. The molecule has 0 amide bonds. The molecule has 0 aliphatic heterocycles. The first kappa shape index (κ1) is 12.7. The molecule has 0 fully saturated rings. The van der Waals surface area contributed by atoms with E-state index in [0.717, 1.165) is 0 Å². The molecule has 0 N–H and O–H groups in total. The van der Waals surface area contributed by atoms with Crippen molar-refractivity contribution in [3.63, 3.8) is 0 Å². The molecule has 0 saturated carbocycles. The molecule has 4 nitrogen and oxygen atoms in total. The van der Waals surface area contributed by atoms with Crippen molar-refractivity contribution in [3.05, 3.63) is 57.8 Å². The molecule has 2 aromatic carbocycles. The van der Waals surface area contributed by atoms with Gasteiger partial charge in [-0.1, -0.05) is 11.6 Å². The zero-order valence-electron chi connectivity index (χ0n) is 10.6. The lowest BCUT2D eigenvalue weighted by molar-refractivity contribution is 0.414. The fourth-order valence-electron chi connectivity index (χ4n) is 1.89. The summed E-state index contributed by atoms with van der Waals surface area (Å²) in [6.07, 6.45) is 0. The van der Waals surface area contributed by atoms with Crippen LogP contribution in [0.2, 0.25) is 5.02 Å². The van der Waals surface area contributed by atoms with Crippen LogP contribution in [0.5, 0.6) is 5.75 Å². The minimum absolute atomic E-state index is 0.257. The molecule has 3 rings (SSSR count). The first-order valence-corrected chi connectivity index (χ1v) is 6.30. The summed E-state index contributed by atoms with van der Waals surface area (Å²) in [5, 5.41) is 1.03. The van der Waals surface area contributed by atoms with E-state index < -0.39 is 0 Å². The van der Waals surface area contributed by atoms with Gasteiger partial charge in [-0.15, -0.1) is 0 Å². The van der Waals surface area contributed by atoms with E-state index in [9.17, 15) is 4.79 Å². The SMILES string of the molecule is COc1ccc2c(=O)nc(-c3ccc(Cl)cc3)oc2c1. The lowest BCUT2D eigenvalue weighted by Gasteiger charge is -2.04. The summed E-state index contributed by atoms with van der Waals surface area (Å²) in [6, 6.07) is 11.9. The van der Waals surface area contributed by atoms with E-state index in [1.54, 1.807) is 49.6 Å². The highest BCUT2D eigenvalue weighted by Gasteiger charge is 2.09. The smallest absolute Gasteiger partial charge is 0.284 e. The van der Waals surface area contributed by atoms with E-state index in [1.165, 1.54) is 0 Å². The maximum Gasteiger partial charge on any atom is 0.284 e. The number of ether oxygens (including phenoxy) is 1. The number of nitrogens with zero attached hydrogens (tertiary/aromatic N) is 1. The predicted molar refractivity (Wildman–Crippen MR) is 77.3 cm³/mol. The highest BCUT2D eigenvalue weighted by atomic mass is 35.5. The average Bonchev–Trinajstić information content (AvgIpc) is 2.47. The molecular weight excluding hydrogens is 278 g/mol. The standard InChI is InChI=1S/C15H10ClNO3/c1-19-11-6-7-12-13(8-11)20-15(17-14(12)18)9-2-4-10(16)5-3-9/h2-8H,1H3. The third-order valence-electron chi connectivity index (χ3n) is 2.92. The number of fused-ring (bicyclic) bond motifs is 1. The maximum absolute atomic E-state index is 12.0. The van der Waals surface area contributed by atoms with Crippen molar-refractivity contribution in [1.29, 1.82) is 0 Å². The van der Waals surface area contributed by atoms with E-state index in [2.05, 4.69) is 4.98 Å². The number of hydrogen-bond acceptors (Lipinski definition) is 4. The van der Waals surface area contributed by atoms with Gasteiger partial charge in [0, 0.05) is 16.7 Å². The quantitative estimate of drug-likeness (QED) is 0.724. The van der Waals surface area contributed by atoms with Gasteiger partial charge in [-0.05, 0) is 36.4 Å². The van der Waals surface area contributed by atoms with E-state index in [0.29, 0.717) is 27.3 Å². The number of aromatic nitrogens is 1. The molecule has 0 bridgehead atoms. The molecular formula is C15H10ClNO3. The summed E-state index contributed by atoms with van der Waals surface area (Å²) in [5.41, 5.74) is 0.796. The minimum atomic E-state index is -0.334. The topological polar surface area (TPSA) is 52.3 Å². The minimum Gasteiger partial charge on any atom is -0.497 e. The Labute approximate surface area is 119 Å². The molecule has 0 atom stereocenters. The van der Waals surface area contributed by atoms with Crippen molar-refractivity contribution in [3.8, 4) is 17.2 Å². The highest BCUT2D eigenvalue weighted by molar-refractivity contribution is 6.30. The number of hydrogen-bond donors (Lipinski definition) is 0. The van der Waals surface area contributed by atoms with Crippen LogP contribution < -0.4 is 10.3 Å². The van der Waals surface area contributed by atoms with Crippen molar-refractivity contribution < 1.29 is 9.15 Å². The molecule has 0 unspecified atom stereocenters. The molecule has 3 aromatic rings. The molecule has 5 heteroatoms. The van der Waals surface area contributed by atoms with Gasteiger partial charge >= 0.3 is 0 Å². The summed E-state index contributed by atoms with van der Waals surface area (Å²) in [5.74, 6) is 0.876. The molecule has 0 aliphatic carbocycles. The normalized spacial score (nSPS) is 10.7. The van der Waals surface area contributed by atoms with Gasteiger partial charge in [-0.2, -0.15) is 4.98 Å². The van der Waals surface area contributed by atoms with Gasteiger partial charge in [0.25, 0.3) is 5.56 Å². The molecule has 20 heavy (non-hydrogen) atoms. The summed E-state index contributed by atoms with van der Waals surface area (Å²) in [6.45, 7) is 0. The van der Waals surface area contributed by atoms with Crippen molar-refractivity contribution in [1.82, 2.24) is 4.98 Å². The van der Waals surface area contributed by atoms with Gasteiger partial charge in [0.05, 0.1) is 12.5 Å². The Hall–Kier alpha value is -2.33. The monoisotopic (exact) mass is 287 g/mol. The molecule has 100 valence electrons. The summed E-state index contributed by atoms with van der Waals surface area (Å²) in [4.78, 5) is 16.0. The fraction of sp³-hybridized carbons (Fsp3) is 0.0667. The predicted octanol–water partition coefficient (Wildman–Crippen LogP) is 3.52. The summed E-state index contributed by atoms with van der Waals surface area (Å²) < 4.78 is 10.8. The average molecular weight is 288 g/mol. The largest absolute Gasteiger partial charge is 0.497 e. The Kier molecular flexibility index (Phi) is 3.16. The zero-order valence-corrected chi connectivity index (χ0v) is 11.3. The first-order chi connectivity index (χ1) is 9.67. The van der Waals surface area contributed by atoms with Crippen molar-refractivity contribution >= 4 is 22.6 Å². The second-order valence-corrected chi connectivity index (χ2v) is 4.63. The Morgan fingerprint density at radius 2 is 1.90 bits per heavy atom. The molecule has 1 aromatic heterocycles. The summed E-state index contributed by atoms with van der Waals surface area (Å²) in [7, 11) is 1.56. The van der Waals surface area contributed by atoms with Crippen LogP contribution in [0, 0.1) is 0 Å². The van der Waals surface area contributed by atoms with Crippen LogP contribution in [0.4, 0.5) is 0 Å². The van der Waals surface area contributed by atoms with Gasteiger partial charge in [-0.3, -0.25) is 4.79 Å². The van der Waals surface area contributed by atoms with Gasteiger partial charge < -0.3 is 9.15 Å². The number of benzene rings is 2. The van der Waals surface area contributed by atoms with Crippen LogP contribution in [-0.4, -0.2) is 12.1 Å². The molecule has 0 saturated heterocycles. The van der Waals surface area contributed by atoms with E-state index >= 15 is 0 Å². The Balaban J connectivity index is 2.22. The Morgan fingerprint density at radius 1 is 1.15 bits per heavy atom. The number of methoxy groups -OCH3 is 1. The number of rotatable bonds is 2. The van der Waals surface area contributed by atoms with Crippen LogP contribution in [0.1, 0.15) is 0 Å². The maximum atomic E-state index is 12.0. The Bertz CT molecular complexity index is 825. The first-order valence-electron chi connectivity index (χ1n) is 5.92. The van der Waals surface area contributed by atoms with Crippen LogP contribution >= 0.6 is 11.6 Å². The summed E-state index contributed by atoms with van der Waals surface area (Å²) >= 11 is 5.84. The fourth-order valence-corrected chi connectivity index (χ4v) is 2.01. The Morgan fingerprint density at radius 3 is 2.60 bits per heavy atom. The van der Waals surface area contributed by atoms with E-state index in [1.807, 2.05) is 0 Å². The van der Waals surface area contributed by atoms with Gasteiger partial charge in [0.2, 0.25) is 5.89 Å². The third-order valence-corrected chi connectivity index (χ3v) is 3.17. The van der Waals surface area contributed by atoms with Crippen molar-refractivity contribution in [2.75, 3.05) is 7.11 Å². The van der Waals surface area contributed by atoms with Crippen molar-refractivity contribution in [2.45, 2.75) is 0 Å². The molecule has 1 heterocycles. The third kappa shape index (κ3) is 2.26. The van der Waals surface area contributed by atoms with Gasteiger partial charge in [0.15, 0.2) is 0 Å². The van der Waals surface area contributed by atoms with E-state index in [4.69, 9.17) is 20.8 Å². The van der Waals surface area contributed by atoms with Crippen LogP contribution in [0.3, 0.4) is 0 Å². The van der Waals surface area contributed by atoms with Gasteiger partial charge in [0.1, 0.15) is 11.3 Å². The second kappa shape index (κ2) is 4.98. The zero-order chi connectivity index (χ0) is 14.1. The lowest BCUT2D eigenvalue weighted by Crippen LogP contribution is -2.07. The van der Waals surface area contributed by atoms with Crippen LogP contribution in [0.25, 0.3) is 22.4 Å². The molecule has 0 radical (unpaired) electrons. The lowest BCUT2D eigenvalue weighted by atomic mass is 10.2.